The highest BCUT2D eigenvalue weighted by Gasteiger charge is 2.26. The van der Waals surface area contributed by atoms with Crippen molar-refractivity contribution in [3.05, 3.63) is 59.7 Å². The molecular weight excluding hydrogens is 426 g/mol. The van der Waals surface area contributed by atoms with Gasteiger partial charge in [0.05, 0.1) is 18.0 Å². The van der Waals surface area contributed by atoms with Crippen molar-refractivity contribution in [2.45, 2.75) is 36.6 Å². The van der Waals surface area contributed by atoms with Crippen LogP contribution in [0.25, 0.3) is 0 Å². The van der Waals surface area contributed by atoms with Gasteiger partial charge in [-0.15, -0.1) is 0 Å². The number of methoxy groups -OCH3 is 1. The van der Waals surface area contributed by atoms with E-state index in [1.54, 1.807) is 29.6 Å². The summed E-state index contributed by atoms with van der Waals surface area (Å²) in [7, 11) is 1.92. The summed E-state index contributed by atoms with van der Waals surface area (Å²) in [5, 5.41) is 2.95. The molecule has 1 aliphatic heterocycles. The number of sulfonamides is 1. The van der Waals surface area contributed by atoms with Crippen LogP contribution in [-0.2, 0) is 10.0 Å². The first kappa shape index (κ1) is 24.2. The summed E-state index contributed by atoms with van der Waals surface area (Å²) in [6.45, 7) is 1.44. The van der Waals surface area contributed by atoms with Crippen molar-refractivity contribution in [2.24, 2.45) is 0 Å². The number of benzene rings is 2. The number of carbonyl (C=O) groups excluding carboxylic acids is 1. The minimum Gasteiger partial charge on any atom is -0.497 e. The van der Waals surface area contributed by atoms with Crippen LogP contribution in [0, 0.1) is 0 Å². The lowest BCUT2D eigenvalue weighted by Gasteiger charge is -2.25. The molecule has 1 aliphatic rings. The number of amides is 1. The standard InChI is InChI=1S/C24H33N3O4S/c1-26(2)23(19-10-8-12-21(16-19)31-3)18-25-24(28)20-11-9-13-22(17-20)32(29,30)27-14-6-4-5-7-15-27/h8-13,16-17,23H,4-7,14-15,18H2,1-3H3,(H,25,28). The van der Waals surface area contributed by atoms with Crippen molar-refractivity contribution in [3.8, 4) is 5.75 Å². The Hall–Kier alpha value is -2.42. The summed E-state index contributed by atoms with van der Waals surface area (Å²) in [6, 6.07) is 14.0. The number of nitrogens with zero attached hydrogens (tertiary/aromatic N) is 2. The second kappa shape index (κ2) is 10.9. The van der Waals surface area contributed by atoms with E-state index in [1.807, 2.05) is 43.3 Å². The summed E-state index contributed by atoms with van der Waals surface area (Å²) in [4.78, 5) is 15.1. The van der Waals surface area contributed by atoms with Crippen LogP contribution in [-0.4, -0.2) is 64.4 Å². The molecule has 0 aromatic heterocycles. The monoisotopic (exact) mass is 459 g/mol. The van der Waals surface area contributed by atoms with Crippen LogP contribution < -0.4 is 10.1 Å². The predicted molar refractivity (Wildman–Crippen MR) is 125 cm³/mol. The van der Waals surface area contributed by atoms with E-state index in [0.29, 0.717) is 25.2 Å². The van der Waals surface area contributed by atoms with Gasteiger partial charge in [0.1, 0.15) is 5.75 Å². The van der Waals surface area contributed by atoms with Crippen molar-refractivity contribution in [2.75, 3.05) is 40.8 Å². The summed E-state index contributed by atoms with van der Waals surface area (Å²) in [5.41, 5.74) is 1.36. The highest BCUT2D eigenvalue weighted by atomic mass is 32.2. The SMILES string of the molecule is COc1cccc(C(CNC(=O)c2cccc(S(=O)(=O)N3CCCCCC3)c2)N(C)C)c1. The van der Waals surface area contributed by atoms with E-state index in [9.17, 15) is 13.2 Å². The first-order chi connectivity index (χ1) is 15.3. The van der Waals surface area contributed by atoms with E-state index in [0.717, 1.165) is 37.0 Å². The van der Waals surface area contributed by atoms with E-state index < -0.39 is 10.0 Å². The second-order valence-corrected chi connectivity index (χ2v) is 10.3. The molecule has 7 nitrogen and oxygen atoms in total. The maximum Gasteiger partial charge on any atom is 0.251 e. The largest absolute Gasteiger partial charge is 0.497 e. The lowest BCUT2D eigenvalue weighted by atomic mass is 10.1. The Balaban J connectivity index is 1.73. The number of likely N-dealkylation sites (N-methyl/N-ethyl adjacent to an activating group) is 1. The molecule has 2 aromatic carbocycles. The first-order valence-corrected chi connectivity index (χ1v) is 12.5. The average Bonchev–Trinajstić information content (AvgIpc) is 3.09. The smallest absolute Gasteiger partial charge is 0.251 e. The fourth-order valence-corrected chi connectivity index (χ4v) is 5.53. The molecule has 0 aliphatic carbocycles. The Morgan fingerprint density at radius 2 is 1.75 bits per heavy atom. The van der Waals surface area contributed by atoms with Crippen LogP contribution >= 0.6 is 0 Å². The van der Waals surface area contributed by atoms with Crippen LogP contribution in [0.3, 0.4) is 0 Å². The summed E-state index contributed by atoms with van der Waals surface area (Å²) < 4.78 is 33.0. The van der Waals surface area contributed by atoms with Crippen molar-refractivity contribution in [1.82, 2.24) is 14.5 Å². The molecule has 1 unspecified atom stereocenters. The van der Waals surface area contributed by atoms with Gasteiger partial charge in [-0.25, -0.2) is 8.42 Å². The number of hydrogen-bond acceptors (Lipinski definition) is 5. The lowest BCUT2D eigenvalue weighted by Crippen LogP contribution is -2.35. The molecule has 8 heteroatoms. The normalized spacial score (nSPS) is 16.4. The number of rotatable bonds is 8. The Morgan fingerprint density at radius 3 is 2.41 bits per heavy atom. The second-order valence-electron chi connectivity index (χ2n) is 8.31. The van der Waals surface area contributed by atoms with Crippen molar-refractivity contribution < 1.29 is 17.9 Å². The molecule has 1 fully saturated rings. The molecule has 0 saturated carbocycles. The summed E-state index contributed by atoms with van der Waals surface area (Å²) >= 11 is 0. The molecular formula is C24H33N3O4S. The lowest BCUT2D eigenvalue weighted by molar-refractivity contribution is 0.0941. The van der Waals surface area contributed by atoms with Gasteiger partial charge >= 0.3 is 0 Å². The van der Waals surface area contributed by atoms with E-state index in [2.05, 4.69) is 5.32 Å². The van der Waals surface area contributed by atoms with Gasteiger partial charge in [0, 0.05) is 25.2 Å². The molecule has 0 bridgehead atoms. The zero-order valence-electron chi connectivity index (χ0n) is 19.1. The molecule has 0 spiro atoms. The van der Waals surface area contributed by atoms with Gasteiger partial charge in [-0.3, -0.25) is 4.79 Å². The van der Waals surface area contributed by atoms with Gasteiger partial charge in [0.2, 0.25) is 10.0 Å². The molecule has 0 radical (unpaired) electrons. The Bertz CT molecular complexity index is 1020. The van der Waals surface area contributed by atoms with Crippen LogP contribution in [0.5, 0.6) is 5.75 Å². The third-order valence-electron chi connectivity index (χ3n) is 5.86. The molecule has 1 heterocycles. The molecule has 2 aromatic rings. The fraction of sp³-hybridized carbons (Fsp3) is 0.458. The zero-order valence-corrected chi connectivity index (χ0v) is 19.9. The zero-order chi connectivity index (χ0) is 23.1. The third-order valence-corrected chi connectivity index (χ3v) is 7.75. The van der Waals surface area contributed by atoms with E-state index in [4.69, 9.17) is 4.74 Å². The highest BCUT2D eigenvalue weighted by molar-refractivity contribution is 7.89. The predicted octanol–water partition coefficient (Wildman–Crippen LogP) is 3.29. The number of ether oxygens (including phenoxy) is 1. The molecule has 32 heavy (non-hydrogen) atoms. The van der Waals surface area contributed by atoms with Gasteiger partial charge in [-0.2, -0.15) is 4.31 Å². The van der Waals surface area contributed by atoms with Gasteiger partial charge in [-0.1, -0.05) is 31.0 Å². The Morgan fingerprint density at radius 1 is 1.06 bits per heavy atom. The quantitative estimate of drug-likeness (QED) is 0.655. The average molecular weight is 460 g/mol. The minimum absolute atomic E-state index is 0.0573. The van der Waals surface area contributed by atoms with Gasteiger partial charge < -0.3 is 15.0 Å². The molecule has 174 valence electrons. The number of hydrogen-bond donors (Lipinski definition) is 1. The number of nitrogens with one attached hydrogen (secondary N) is 1. The molecule has 3 rings (SSSR count). The van der Waals surface area contributed by atoms with Gasteiger partial charge in [-0.05, 0) is 62.8 Å². The van der Waals surface area contributed by atoms with Crippen LogP contribution in [0.1, 0.15) is 47.6 Å². The minimum atomic E-state index is -3.61. The topological polar surface area (TPSA) is 78.9 Å². The molecule has 1 amide bonds. The Labute approximate surface area is 191 Å². The molecule has 1 atom stereocenters. The molecule has 1 saturated heterocycles. The summed E-state index contributed by atoms with van der Waals surface area (Å²) in [5.74, 6) is 0.458. The fourth-order valence-electron chi connectivity index (χ4n) is 3.97. The maximum atomic E-state index is 13.1. The van der Waals surface area contributed by atoms with E-state index >= 15 is 0 Å². The maximum absolute atomic E-state index is 13.1. The van der Waals surface area contributed by atoms with Crippen LogP contribution in [0.4, 0.5) is 0 Å². The Kier molecular flexibility index (Phi) is 8.28. The number of carbonyl (C=O) groups is 1. The van der Waals surface area contributed by atoms with Crippen LogP contribution in [0.15, 0.2) is 53.4 Å². The summed E-state index contributed by atoms with van der Waals surface area (Å²) in [6.07, 6.45) is 3.84. The molecule has 1 N–H and O–H groups in total. The highest BCUT2D eigenvalue weighted by Crippen LogP contribution is 2.23. The van der Waals surface area contributed by atoms with Crippen LogP contribution in [0.2, 0.25) is 0 Å². The third kappa shape index (κ3) is 5.88. The van der Waals surface area contributed by atoms with Crippen molar-refractivity contribution >= 4 is 15.9 Å². The first-order valence-electron chi connectivity index (χ1n) is 11.0. The van der Waals surface area contributed by atoms with Crippen molar-refractivity contribution in [3.63, 3.8) is 0 Å². The van der Waals surface area contributed by atoms with Gasteiger partial charge in [0.25, 0.3) is 5.91 Å². The van der Waals surface area contributed by atoms with E-state index in [1.165, 1.54) is 6.07 Å². The van der Waals surface area contributed by atoms with Crippen molar-refractivity contribution in [1.29, 1.82) is 0 Å². The van der Waals surface area contributed by atoms with Gasteiger partial charge in [0.15, 0.2) is 0 Å². The van der Waals surface area contributed by atoms with E-state index in [-0.39, 0.29) is 16.8 Å².